The summed E-state index contributed by atoms with van der Waals surface area (Å²) in [6.45, 7) is 16.7. The van der Waals surface area contributed by atoms with Gasteiger partial charge in [0.15, 0.2) is 0 Å². The summed E-state index contributed by atoms with van der Waals surface area (Å²) in [4.78, 5) is 16.0. The molecular weight excluding hydrogens is 240 g/mol. The van der Waals surface area contributed by atoms with E-state index in [2.05, 4.69) is 24.5 Å². The van der Waals surface area contributed by atoms with Crippen molar-refractivity contribution in [3.05, 3.63) is 23.9 Å². The van der Waals surface area contributed by atoms with Crippen LogP contribution >= 0.6 is 0 Å². The fraction of sp³-hybridized carbons (Fsp3) is 0.667. The molecule has 0 aliphatic carbocycles. The molecule has 0 unspecified atom stereocenters. The normalized spacial score (nSPS) is 17.4. The molecule has 1 amide bonds. The molecule has 0 saturated carbocycles. The standard InChI is InChI=1S/C15H26N2O2/c1-12(2)11-13(3)16-7-9-17(10-8-16)14(18)19-15(4,5)6/h11H,1,7-10H2,2-6H3/b13-11+. The zero-order valence-electron chi connectivity index (χ0n) is 12.8. The molecule has 1 heterocycles. The average Bonchev–Trinajstić information content (AvgIpc) is 2.26. The van der Waals surface area contributed by atoms with E-state index < -0.39 is 5.60 Å². The lowest BCUT2D eigenvalue weighted by Gasteiger charge is -2.37. The van der Waals surface area contributed by atoms with Gasteiger partial charge in [-0.15, -0.1) is 0 Å². The van der Waals surface area contributed by atoms with Gasteiger partial charge in [-0.3, -0.25) is 0 Å². The van der Waals surface area contributed by atoms with E-state index in [1.54, 1.807) is 4.90 Å². The van der Waals surface area contributed by atoms with Crippen molar-refractivity contribution in [1.82, 2.24) is 9.80 Å². The van der Waals surface area contributed by atoms with Crippen LogP contribution in [0.3, 0.4) is 0 Å². The number of piperazine rings is 1. The number of rotatable bonds is 2. The first kappa shape index (κ1) is 15.6. The van der Waals surface area contributed by atoms with E-state index >= 15 is 0 Å². The number of allylic oxidation sites excluding steroid dienone is 3. The van der Waals surface area contributed by atoms with E-state index in [4.69, 9.17) is 4.74 Å². The van der Waals surface area contributed by atoms with Gasteiger partial charge in [-0.25, -0.2) is 4.79 Å². The predicted octanol–water partition coefficient (Wildman–Crippen LogP) is 3.02. The van der Waals surface area contributed by atoms with Gasteiger partial charge in [-0.1, -0.05) is 12.2 Å². The quantitative estimate of drug-likeness (QED) is 0.720. The number of ether oxygens (including phenoxy) is 1. The Morgan fingerprint density at radius 2 is 1.58 bits per heavy atom. The second-order valence-electron chi connectivity index (χ2n) is 6.09. The molecule has 0 radical (unpaired) electrons. The SMILES string of the molecule is C=C(C)/C=C(\C)N1CCN(C(=O)OC(C)(C)C)CC1. The van der Waals surface area contributed by atoms with Gasteiger partial charge in [0.25, 0.3) is 0 Å². The summed E-state index contributed by atoms with van der Waals surface area (Å²) in [6, 6.07) is 0. The van der Waals surface area contributed by atoms with Crippen LogP contribution in [0.1, 0.15) is 34.6 Å². The predicted molar refractivity (Wildman–Crippen MR) is 78.0 cm³/mol. The second-order valence-corrected chi connectivity index (χ2v) is 6.09. The van der Waals surface area contributed by atoms with Gasteiger partial charge in [-0.05, 0) is 40.7 Å². The van der Waals surface area contributed by atoms with Crippen LogP contribution in [0.2, 0.25) is 0 Å². The highest BCUT2D eigenvalue weighted by Crippen LogP contribution is 2.14. The van der Waals surface area contributed by atoms with Crippen molar-refractivity contribution >= 4 is 6.09 Å². The molecule has 0 N–H and O–H groups in total. The van der Waals surface area contributed by atoms with Crippen LogP contribution in [0.25, 0.3) is 0 Å². The number of nitrogens with zero attached hydrogens (tertiary/aromatic N) is 2. The van der Waals surface area contributed by atoms with Crippen molar-refractivity contribution in [2.45, 2.75) is 40.2 Å². The fourth-order valence-corrected chi connectivity index (χ4v) is 2.02. The molecular formula is C15H26N2O2. The van der Waals surface area contributed by atoms with Gasteiger partial charge in [0.05, 0.1) is 0 Å². The molecule has 19 heavy (non-hydrogen) atoms. The Labute approximate surface area is 116 Å². The Bertz CT molecular complexity index is 372. The lowest BCUT2D eigenvalue weighted by atomic mass is 10.2. The number of carbonyl (C=O) groups excluding carboxylic acids is 1. The van der Waals surface area contributed by atoms with Gasteiger partial charge in [-0.2, -0.15) is 0 Å². The molecule has 4 heteroatoms. The molecule has 1 fully saturated rings. The molecule has 0 bridgehead atoms. The van der Waals surface area contributed by atoms with E-state index in [0.717, 1.165) is 18.7 Å². The summed E-state index contributed by atoms with van der Waals surface area (Å²) < 4.78 is 5.38. The fourth-order valence-electron chi connectivity index (χ4n) is 2.02. The average molecular weight is 266 g/mol. The summed E-state index contributed by atoms with van der Waals surface area (Å²) >= 11 is 0. The minimum atomic E-state index is -0.427. The third kappa shape index (κ3) is 5.37. The lowest BCUT2D eigenvalue weighted by molar-refractivity contribution is 0.0169. The number of hydrogen-bond donors (Lipinski definition) is 0. The molecule has 0 aromatic rings. The van der Waals surface area contributed by atoms with Crippen LogP contribution in [0.5, 0.6) is 0 Å². The van der Waals surface area contributed by atoms with Gasteiger partial charge >= 0.3 is 6.09 Å². The van der Waals surface area contributed by atoms with Crippen LogP contribution in [-0.4, -0.2) is 47.7 Å². The first-order chi connectivity index (χ1) is 8.69. The van der Waals surface area contributed by atoms with Crippen LogP contribution < -0.4 is 0 Å². The first-order valence-electron chi connectivity index (χ1n) is 6.76. The molecule has 0 atom stereocenters. The Hall–Kier alpha value is -1.45. The minimum absolute atomic E-state index is 0.214. The molecule has 0 aromatic carbocycles. The molecule has 1 aliphatic rings. The molecule has 0 aromatic heterocycles. The highest BCUT2D eigenvalue weighted by Gasteiger charge is 2.25. The Kier molecular flexibility index (Phi) is 5.04. The van der Waals surface area contributed by atoms with Crippen molar-refractivity contribution in [2.75, 3.05) is 26.2 Å². The largest absolute Gasteiger partial charge is 0.444 e. The van der Waals surface area contributed by atoms with Crippen LogP contribution in [0.4, 0.5) is 4.79 Å². The van der Waals surface area contributed by atoms with Crippen LogP contribution in [-0.2, 0) is 4.74 Å². The first-order valence-corrected chi connectivity index (χ1v) is 6.76. The highest BCUT2D eigenvalue weighted by molar-refractivity contribution is 5.68. The van der Waals surface area contributed by atoms with Crippen molar-refractivity contribution in [3.63, 3.8) is 0 Å². The third-order valence-electron chi connectivity index (χ3n) is 2.89. The highest BCUT2D eigenvalue weighted by atomic mass is 16.6. The summed E-state index contributed by atoms with van der Waals surface area (Å²) in [5.74, 6) is 0. The summed E-state index contributed by atoms with van der Waals surface area (Å²) in [6.07, 6.45) is 1.86. The van der Waals surface area contributed by atoms with Gasteiger partial charge < -0.3 is 14.5 Å². The maximum atomic E-state index is 11.9. The molecule has 1 aliphatic heterocycles. The Balaban J connectivity index is 2.49. The van der Waals surface area contributed by atoms with Gasteiger partial charge in [0.1, 0.15) is 5.60 Å². The Morgan fingerprint density at radius 1 is 1.11 bits per heavy atom. The zero-order valence-corrected chi connectivity index (χ0v) is 12.8. The Morgan fingerprint density at radius 3 is 2.00 bits per heavy atom. The van der Waals surface area contributed by atoms with Crippen LogP contribution in [0, 0.1) is 0 Å². The smallest absolute Gasteiger partial charge is 0.410 e. The maximum Gasteiger partial charge on any atom is 0.410 e. The molecule has 4 nitrogen and oxygen atoms in total. The van der Waals surface area contributed by atoms with Gasteiger partial charge in [0.2, 0.25) is 0 Å². The molecule has 108 valence electrons. The monoisotopic (exact) mass is 266 g/mol. The second kappa shape index (κ2) is 6.13. The van der Waals surface area contributed by atoms with E-state index in [1.807, 2.05) is 27.7 Å². The summed E-state index contributed by atoms with van der Waals surface area (Å²) in [5.41, 5.74) is 1.83. The van der Waals surface area contributed by atoms with Crippen molar-refractivity contribution < 1.29 is 9.53 Å². The number of hydrogen-bond acceptors (Lipinski definition) is 3. The minimum Gasteiger partial charge on any atom is -0.444 e. The third-order valence-corrected chi connectivity index (χ3v) is 2.89. The van der Waals surface area contributed by atoms with E-state index in [-0.39, 0.29) is 6.09 Å². The summed E-state index contributed by atoms with van der Waals surface area (Å²) in [5, 5.41) is 0. The maximum absolute atomic E-state index is 11.9. The molecule has 1 saturated heterocycles. The number of amides is 1. The molecule has 0 spiro atoms. The van der Waals surface area contributed by atoms with E-state index in [9.17, 15) is 4.79 Å². The van der Waals surface area contributed by atoms with E-state index in [1.165, 1.54) is 5.70 Å². The zero-order chi connectivity index (χ0) is 14.6. The van der Waals surface area contributed by atoms with Crippen molar-refractivity contribution in [1.29, 1.82) is 0 Å². The van der Waals surface area contributed by atoms with Gasteiger partial charge in [0, 0.05) is 31.9 Å². The van der Waals surface area contributed by atoms with Crippen LogP contribution in [0.15, 0.2) is 23.9 Å². The van der Waals surface area contributed by atoms with E-state index in [0.29, 0.717) is 13.1 Å². The van der Waals surface area contributed by atoms with Crippen molar-refractivity contribution in [2.24, 2.45) is 0 Å². The number of carbonyl (C=O) groups is 1. The summed E-state index contributed by atoms with van der Waals surface area (Å²) in [7, 11) is 0. The topological polar surface area (TPSA) is 32.8 Å². The lowest BCUT2D eigenvalue weighted by Crippen LogP contribution is -2.49. The van der Waals surface area contributed by atoms with Crippen molar-refractivity contribution in [3.8, 4) is 0 Å². The molecule has 1 rings (SSSR count).